The lowest BCUT2D eigenvalue weighted by atomic mass is 10.0. The minimum absolute atomic E-state index is 0.908. The van der Waals surface area contributed by atoms with Crippen molar-refractivity contribution in [2.75, 3.05) is 0 Å². The number of nitrogens with zero attached hydrogens (tertiary/aromatic N) is 2. The zero-order valence-electron chi connectivity index (χ0n) is 23.1. The molecule has 0 atom stereocenters. The largest absolute Gasteiger partial charge is 0.354 e. The van der Waals surface area contributed by atoms with E-state index in [9.17, 15) is 0 Å². The third-order valence-electron chi connectivity index (χ3n) is 7.88. The molecule has 8 rings (SSSR count). The lowest BCUT2D eigenvalue weighted by Gasteiger charge is -2.06. The van der Waals surface area contributed by atoms with E-state index in [2.05, 4.69) is 160 Å². The van der Waals surface area contributed by atoms with Crippen LogP contribution < -0.4 is 0 Å². The molecule has 0 aliphatic carbocycles. The summed E-state index contributed by atoms with van der Waals surface area (Å²) in [5.74, 6) is 0. The molecule has 2 N–H and O–H groups in total. The molecule has 43 heavy (non-hydrogen) atoms. The number of nitrogens with one attached hydrogen (secondary N) is 2. The number of benzene rings is 3. The number of hydrogen-bond donors (Lipinski definition) is 2. The predicted octanol–water partition coefficient (Wildman–Crippen LogP) is 10.3. The molecule has 0 amide bonds. The van der Waals surface area contributed by atoms with E-state index in [0.717, 1.165) is 81.8 Å². The summed E-state index contributed by atoms with van der Waals surface area (Å²) in [6, 6.07) is 40.1. The van der Waals surface area contributed by atoms with Crippen molar-refractivity contribution < 1.29 is 0 Å². The summed E-state index contributed by atoms with van der Waals surface area (Å²) in [5.41, 5.74) is 14.2. The van der Waals surface area contributed by atoms with E-state index in [-0.39, 0.29) is 0 Å². The highest BCUT2D eigenvalue weighted by molar-refractivity contribution is 14.1. The van der Waals surface area contributed by atoms with Gasteiger partial charge in [0.2, 0.25) is 0 Å². The number of fused-ring (bicyclic) bond motifs is 9. The molecular weight excluding hydrogens is 639 g/mol. The number of aromatic amines is 2. The Morgan fingerprint density at radius 1 is 0.372 bits per heavy atom. The Morgan fingerprint density at radius 2 is 0.744 bits per heavy atom. The lowest BCUT2D eigenvalue weighted by molar-refractivity contribution is 1.30. The minimum Gasteiger partial charge on any atom is -0.354 e. The standard InChI is InChI=1S/C38H25IN4/c39-38-34-23-17-28(41-34)27-16-18-29(40-27)35(24-10-4-1-5-11-24)30-19-20-31(42-30)36(25-12-6-2-7-13-25)32-21-22-33(43-32)37(38)26-14-8-3-9-15-26/h1-23,40,43H. The van der Waals surface area contributed by atoms with Gasteiger partial charge in [-0.05, 0) is 87.9 Å². The van der Waals surface area contributed by atoms with Crippen LogP contribution in [-0.2, 0) is 0 Å². The first kappa shape index (κ1) is 25.7. The average Bonchev–Trinajstić information content (AvgIpc) is 3.88. The lowest BCUT2D eigenvalue weighted by Crippen LogP contribution is -1.89. The Kier molecular flexibility index (Phi) is 6.38. The molecule has 2 aliphatic rings. The van der Waals surface area contributed by atoms with Gasteiger partial charge in [-0.25, -0.2) is 9.97 Å². The van der Waals surface area contributed by atoms with Gasteiger partial charge in [0.1, 0.15) is 0 Å². The van der Waals surface area contributed by atoms with Gasteiger partial charge in [-0.3, -0.25) is 0 Å². The van der Waals surface area contributed by atoms with Crippen molar-refractivity contribution in [1.82, 2.24) is 19.9 Å². The molecule has 3 aromatic heterocycles. The van der Waals surface area contributed by atoms with Crippen LogP contribution in [0.5, 0.6) is 0 Å². The zero-order valence-corrected chi connectivity index (χ0v) is 25.2. The van der Waals surface area contributed by atoms with Gasteiger partial charge in [-0.1, -0.05) is 91.0 Å². The second kappa shape index (κ2) is 10.7. The summed E-state index contributed by atoms with van der Waals surface area (Å²) in [5, 5.41) is 0. The monoisotopic (exact) mass is 664 g/mol. The van der Waals surface area contributed by atoms with Gasteiger partial charge >= 0.3 is 0 Å². The predicted molar refractivity (Wildman–Crippen MR) is 188 cm³/mol. The summed E-state index contributed by atoms with van der Waals surface area (Å²) in [6.07, 6.45) is 8.45. The molecule has 3 aromatic carbocycles. The smallest absolute Gasteiger partial charge is 0.0872 e. The number of hydrogen-bond acceptors (Lipinski definition) is 2. The molecule has 5 heterocycles. The van der Waals surface area contributed by atoms with Crippen LogP contribution in [0.3, 0.4) is 0 Å². The van der Waals surface area contributed by atoms with E-state index in [4.69, 9.17) is 9.97 Å². The second-order valence-electron chi connectivity index (χ2n) is 10.5. The van der Waals surface area contributed by atoms with Crippen LogP contribution >= 0.6 is 22.6 Å². The number of H-pyrrole nitrogens is 2. The SMILES string of the molecule is Ic1c2nc(c3ccc([nH]3)c(-c3ccccc3)c3nc(c(-c4ccccc4)c4ccc([nH]4)c1-c1ccccc1)C=C3)C=C2. The Bertz CT molecular complexity index is 2230. The van der Waals surface area contributed by atoms with Crippen LogP contribution in [0.25, 0.3) is 79.8 Å². The summed E-state index contributed by atoms with van der Waals surface area (Å²) >= 11 is 2.45. The van der Waals surface area contributed by atoms with Crippen LogP contribution in [0, 0.1) is 3.57 Å². The Balaban J connectivity index is 1.56. The second-order valence-corrected chi connectivity index (χ2v) is 11.6. The molecule has 204 valence electrons. The Labute approximate surface area is 262 Å². The molecule has 4 nitrogen and oxygen atoms in total. The van der Waals surface area contributed by atoms with Crippen LogP contribution in [0.2, 0.25) is 0 Å². The first-order valence-electron chi connectivity index (χ1n) is 14.2. The van der Waals surface area contributed by atoms with Gasteiger partial charge in [0.05, 0.1) is 28.3 Å². The van der Waals surface area contributed by atoms with Gasteiger partial charge in [0.15, 0.2) is 0 Å². The molecule has 0 radical (unpaired) electrons. The molecule has 0 fully saturated rings. The normalized spacial score (nSPS) is 12.1. The van der Waals surface area contributed by atoms with Crippen molar-refractivity contribution in [2.45, 2.75) is 0 Å². The Morgan fingerprint density at radius 3 is 1.28 bits per heavy atom. The van der Waals surface area contributed by atoms with E-state index < -0.39 is 0 Å². The van der Waals surface area contributed by atoms with E-state index >= 15 is 0 Å². The first-order chi connectivity index (χ1) is 21.2. The first-order valence-corrected chi connectivity index (χ1v) is 15.3. The quantitative estimate of drug-likeness (QED) is 0.185. The fourth-order valence-corrected chi connectivity index (χ4v) is 6.78. The van der Waals surface area contributed by atoms with Gasteiger partial charge < -0.3 is 9.97 Å². The van der Waals surface area contributed by atoms with Gasteiger partial charge in [-0.2, -0.15) is 0 Å². The highest BCUT2D eigenvalue weighted by Crippen LogP contribution is 2.36. The molecule has 0 saturated carbocycles. The van der Waals surface area contributed by atoms with E-state index in [1.165, 1.54) is 0 Å². The minimum atomic E-state index is 0.908. The van der Waals surface area contributed by atoms with Crippen LogP contribution in [-0.4, -0.2) is 19.9 Å². The molecule has 8 bridgehead atoms. The maximum Gasteiger partial charge on any atom is 0.0872 e. The fourth-order valence-electron chi connectivity index (χ4n) is 5.88. The zero-order chi connectivity index (χ0) is 28.8. The molecule has 0 unspecified atom stereocenters. The van der Waals surface area contributed by atoms with Crippen molar-refractivity contribution in [3.63, 3.8) is 0 Å². The third kappa shape index (κ3) is 4.62. The van der Waals surface area contributed by atoms with E-state index in [1.54, 1.807) is 0 Å². The molecule has 6 aromatic rings. The maximum absolute atomic E-state index is 5.28. The summed E-state index contributed by atoms with van der Waals surface area (Å²) in [6.45, 7) is 0. The molecule has 0 saturated heterocycles. The summed E-state index contributed by atoms with van der Waals surface area (Å²) in [4.78, 5) is 17.8. The van der Waals surface area contributed by atoms with Crippen molar-refractivity contribution in [3.05, 3.63) is 142 Å². The maximum atomic E-state index is 5.28. The van der Waals surface area contributed by atoms with Gasteiger partial charge in [0, 0.05) is 36.8 Å². The van der Waals surface area contributed by atoms with Gasteiger partial charge in [-0.15, -0.1) is 0 Å². The number of halogens is 1. The van der Waals surface area contributed by atoms with Gasteiger partial charge in [0.25, 0.3) is 0 Å². The van der Waals surface area contributed by atoms with Crippen molar-refractivity contribution in [2.24, 2.45) is 0 Å². The summed E-state index contributed by atoms with van der Waals surface area (Å²) in [7, 11) is 0. The molecular formula is C38H25IN4. The number of aromatic nitrogens is 4. The topological polar surface area (TPSA) is 57.4 Å². The molecule has 5 heteroatoms. The van der Waals surface area contributed by atoms with Crippen molar-refractivity contribution in [3.8, 4) is 33.4 Å². The van der Waals surface area contributed by atoms with E-state index in [1.807, 2.05) is 12.1 Å². The van der Waals surface area contributed by atoms with Crippen LogP contribution in [0.1, 0.15) is 22.8 Å². The van der Waals surface area contributed by atoms with Crippen molar-refractivity contribution in [1.29, 1.82) is 0 Å². The Hall–Kier alpha value is -5.01. The highest BCUT2D eigenvalue weighted by Gasteiger charge is 2.17. The fraction of sp³-hybridized carbons (Fsp3) is 0. The van der Waals surface area contributed by atoms with Crippen LogP contribution in [0.15, 0.2) is 115 Å². The summed E-state index contributed by atoms with van der Waals surface area (Å²) < 4.78 is 1.08. The number of rotatable bonds is 3. The van der Waals surface area contributed by atoms with Crippen molar-refractivity contribution >= 4 is 69.0 Å². The highest BCUT2D eigenvalue weighted by atomic mass is 127. The molecule has 2 aliphatic heterocycles. The van der Waals surface area contributed by atoms with Crippen LogP contribution in [0.4, 0.5) is 0 Å². The average molecular weight is 665 g/mol. The van der Waals surface area contributed by atoms with E-state index in [0.29, 0.717) is 0 Å². The third-order valence-corrected chi connectivity index (χ3v) is 8.97. The molecule has 0 spiro atoms.